The number of aliphatic hydroxyl groups is 7. The summed E-state index contributed by atoms with van der Waals surface area (Å²) < 4.78 is 11.2. The summed E-state index contributed by atoms with van der Waals surface area (Å²) in [4.78, 5) is 13.3. The quantitative estimate of drug-likeness (QED) is 0.0215. The van der Waals surface area contributed by atoms with E-state index in [0.717, 1.165) is 44.9 Å². The first-order chi connectivity index (χ1) is 41.2. The van der Waals surface area contributed by atoms with Crippen molar-refractivity contribution in [1.29, 1.82) is 0 Å². The van der Waals surface area contributed by atoms with Crippen LogP contribution in [0.2, 0.25) is 0 Å². The van der Waals surface area contributed by atoms with Gasteiger partial charge in [0.1, 0.15) is 36.6 Å². The lowest BCUT2D eigenvalue weighted by molar-refractivity contribution is -0.303. The van der Waals surface area contributed by atoms with Gasteiger partial charge in [0.25, 0.3) is 0 Å². The molecule has 1 rings (SSSR count). The number of aliphatic hydroxyl groups excluding tert-OH is 7. The summed E-state index contributed by atoms with van der Waals surface area (Å²) in [6.07, 6.45) is 68.1. The zero-order valence-electron chi connectivity index (χ0n) is 54.9. The van der Waals surface area contributed by atoms with Crippen LogP contribution >= 0.6 is 0 Å². The van der Waals surface area contributed by atoms with Gasteiger partial charge >= 0.3 is 0 Å². The fraction of sp³-hybridized carbons (Fsp3) is 0.904. The van der Waals surface area contributed by atoms with E-state index in [0.29, 0.717) is 19.3 Å². The van der Waals surface area contributed by atoms with E-state index in [9.17, 15) is 40.5 Å². The zero-order chi connectivity index (χ0) is 61.0. The molecule has 1 amide bonds. The van der Waals surface area contributed by atoms with E-state index in [1.807, 2.05) is 0 Å². The number of hydrogen-bond donors (Lipinski definition) is 8. The minimum absolute atomic E-state index is 0.243. The molecule has 1 fully saturated rings. The maximum Gasteiger partial charge on any atom is 0.249 e. The van der Waals surface area contributed by atoms with Gasteiger partial charge in [0.05, 0.1) is 25.4 Å². The van der Waals surface area contributed by atoms with Gasteiger partial charge in [0.2, 0.25) is 5.91 Å². The summed E-state index contributed by atoms with van der Waals surface area (Å²) >= 11 is 0. The van der Waals surface area contributed by atoms with Crippen LogP contribution in [0.5, 0.6) is 0 Å². The molecule has 0 aliphatic carbocycles. The first kappa shape index (κ1) is 80.3. The Morgan fingerprint density at radius 2 is 0.714 bits per heavy atom. The molecule has 1 aliphatic heterocycles. The average molecular weight is 1190 g/mol. The van der Waals surface area contributed by atoms with Crippen molar-refractivity contribution >= 4 is 5.91 Å². The Hall–Kier alpha value is -1.67. The third-order valence-electron chi connectivity index (χ3n) is 17.7. The molecule has 8 N–H and O–H groups in total. The summed E-state index contributed by atoms with van der Waals surface area (Å²) in [7, 11) is 0. The van der Waals surface area contributed by atoms with E-state index in [-0.39, 0.29) is 12.8 Å². The second-order valence-electron chi connectivity index (χ2n) is 25.6. The molecule has 0 bridgehead atoms. The molecule has 0 radical (unpaired) electrons. The van der Waals surface area contributed by atoms with Gasteiger partial charge in [-0.3, -0.25) is 4.79 Å². The van der Waals surface area contributed by atoms with Crippen LogP contribution in [0.1, 0.15) is 354 Å². The Balaban J connectivity index is 2.22. The Morgan fingerprint density at radius 1 is 0.405 bits per heavy atom. The van der Waals surface area contributed by atoms with Gasteiger partial charge in [-0.15, -0.1) is 0 Å². The molecule has 9 atom stereocenters. The Morgan fingerprint density at radius 3 is 1.06 bits per heavy atom. The molecule has 11 heteroatoms. The van der Waals surface area contributed by atoms with Gasteiger partial charge in [-0.1, -0.05) is 326 Å². The molecule has 84 heavy (non-hydrogen) atoms. The fourth-order valence-electron chi connectivity index (χ4n) is 11.8. The van der Waals surface area contributed by atoms with Gasteiger partial charge in [0, 0.05) is 0 Å². The van der Waals surface area contributed by atoms with Crippen LogP contribution in [-0.4, -0.2) is 110 Å². The van der Waals surface area contributed by atoms with Gasteiger partial charge in [-0.25, -0.2) is 0 Å². The number of allylic oxidation sites excluding steroid dienone is 6. The van der Waals surface area contributed by atoms with Crippen LogP contribution in [-0.2, 0) is 14.3 Å². The third-order valence-corrected chi connectivity index (χ3v) is 17.7. The van der Waals surface area contributed by atoms with Crippen molar-refractivity contribution in [1.82, 2.24) is 5.32 Å². The number of carbonyl (C=O) groups is 1. The summed E-state index contributed by atoms with van der Waals surface area (Å²) in [5.41, 5.74) is 0. The summed E-state index contributed by atoms with van der Waals surface area (Å²) in [6, 6.07) is -1.19. The summed E-state index contributed by atoms with van der Waals surface area (Å²) in [6.45, 7) is 3.50. The van der Waals surface area contributed by atoms with Crippen molar-refractivity contribution in [2.45, 2.75) is 409 Å². The minimum atomic E-state index is -1.67. The average Bonchev–Trinajstić information content (AvgIpc) is 3.66. The van der Waals surface area contributed by atoms with E-state index in [4.69, 9.17) is 9.47 Å². The number of hydrogen-bond acceptors (Lipinski definition) is 10. The molecule has 1 heterocycles. The first-order valence-electron chi connectivity index (χ1n) is 36.4. The maximum absolute atomic E-state index is 13.3. The molecular formula is C73H139NO10. The molecule has 496 valence electrons. The number of nitrogens with one attached hydrogen (secondary N) is 1. The molecule has 1 aliphatic rings. The number of amides is 1. The Labute approximate surface area is 517 Å². The van der Waals surface area contributed by atoms with Crippen LogP contribution < -0.4 is 5.32 Å². The maximum atomic E-state index is 13.3. The van der Waals surface area contributed by atoms with E-state index >= 15 is 0 Å². The SMILES string of the molecule is CCCCCCCCCCCCCCCCCC/C=C/CC/C=C/CC/C=C/CCCC(O)C(O)C(COC1OC(CO)C(O)C(O)C1O)NC(=O)C(O)CCCCCCCCCCCCCCCCCCCCCCCCCCCCCC. The summed E-state index contributed by atoms with van der Waals surface area (Å²) in [5, 5.41) is 76.5. The molecule has 0 aromatic heterocycles. The normalized spacial score (nSPS) is 19.1. The van der Waals surface area contributed by atoms with Crippen molar-refractivity contribution < 1.29 is 50.0 Å². The van der Waals surface area contributed by atoms with Crippen molar-refractivity contribution in [3.05, 3.63) is 36.5 Å². The van der Waals surface area contributed by atoms with Gasteiger partial charge < -0.3 is 50.5 Å². The molecule has 0 aromatic rings. The highest BCUT2D eigenvalue weighted by molar-refractivity contribution is 5.80. The predicted molar refractivity (Wildman–Crippen MR) is 353 cm³/mol. The van der Waals surface area contributed by atoms with Crippen LogP contribution in [0.15, 0.2) is 36.5 Å². The lowest BCUT2D eigenvalue weighted by atomic mass is 9.98. The molecular weight excluding hydrogens is 1050 g/mol. The van der Waals surface area contributed by atoms with E-state index in [1.54, 1.807) is 0 Å². The highest BCUT2D eigenvalue weighted by Gasteiger charge is 2.44. The van der Waals surface area contributed by atoms with Gasteiger partial charge in [0.15, 0.2) is 6.29 Å². The van der Waals surface area contributed by atoms with Crippen LogP contribution in [0.3, 0.4) is 0 Å². The van der Waals surface area contributed by atoms with Crippen molar-refractivity contribution in [2.24, 2.45) is 0 Å². The zero-order valence-corrected chi connectivity index (χ0v) is 54.9. The van der Waals surface area contributed by atoms with Crippen molar-refractivity contribution in [2.75, 3.05) is 13.2 Å². The smallest absolute Gasteiger partial charge is 0.249 e. The Bertz CT molecular complexity index is 1460. The van der Waals surface area contributed by atoms with Crippen LogP contribution in [0.25, 0.3) is 0 Å². The predicted octanol–water partition coefficient (Wildman–Crippen LogP) is 17.8. The standard InChI is InChI=1S/C73H139NO10/c1-3-5-7-9-11-13-15-17-19-21-23-25-27-29-31-33-35-36-38-40-42-44-46-48-50-52-54-56-58-60-65(76)68(78)64(63-83-73-71(81)70(80)69(79)67(62-75)84-73)74-72(82)66(77)61-59-57-55-53-51-49-47-45-43-41-39-37-34-32-30-28-26-24-22-20-18-16-14-12-10-8-6-4-2/h36,38,44,46,52,54,64-71,73,75-81H,3-35,37,39-43,45,47-51,53,55-63H2,1-2H3,(H,74,82)/b38-36+,46-44+,54-52+. The highest BCUT2D eigenvalue weighted by Crippen LogP contribution is 2.24. The second-order valence-corrected chi connectivity index (χ2v) is 25.6. The fourth-order valence-corrected chi connectivity index (χ4v) is 11.8. The monoisotopic (exact) mass is 1190 g/mol. The van der Waals surface area contributed by atoms with E-state index < -0.39 is 74.2 Å². The first-order valence-corrected chi connectivity index (χ1v) is 36.4. The van der Waals surface area contributed by atoms with E-state index in [2.05, 4.69) is 55.6 Å². The highest BCUT2D eigenvalue weighted by atomic mass is 16.7. The number of unbranched alkanes of at least 4 members (excludes halogenated alkanes) is 46. The molecule has 11 nitrogen and oxygen atoms in total. The third kappa shape index (κ3) is 48.3. The molecule has 0 spiro atoms. The Kier molecular flexibility index (Phi) is 58.9. The summed E-state index contributed by atoms with van der Waals surface area (Å²) in [5.74, 6) is -0.706. The van der Waals surface area contributed by atoms with Crippen molar-refractivity contribution in [3.8, 4) is 0 Å². The lowest BCUT2D eigenvalue weighted by Gasteiger charge is -2.40. The second kappa shape index (κ2) is 61.6. The molecule has 0 saturated carbocycles. The van der Waals surface area contributed by atoms with Gasteiger partial charge in [-0.05, 0) is 64.2 Å². The molecule has 9 unspecified atom stereocenters. The number of ether oxygens (including phenoxy) is 2. The van der Waals surface area contributed by atoms with Crippen LogP contribution in [0.4, 0.5) is 0 Å². The number of rotatable bonds is 64. The molecule has 0 aromatic carbocycles. The minimum Gasteiger partial charge on any atom is -0.394 e. The van der Waals surface area contributed by atoms with Crippen LogP contribution in [0, 0.1) is 0 Å². The van der Waals surface area contributed by atoms with E-state index in [1.165, 1.54) is 263 Å². The molecule has 1 saturated heterocycles. The topological polar surface area (TPSA) is 189 Å². The van der Waals surface area contributed by atoms with Gasteiger partial charge in [-0.2, -0.15) is 0 Å². The number of carbonyl (C=O) groups excluding carboxylic acids is 1. The lowest BCUT2D eigenvalue weighted by Crippen LogP contribution is -2.60. The van der Waals surface area contributed by atoms with Crippen molar-refractivity contribution in [3.63, 3.8) is 0 Å². The largest absolute Gasteiger partial charge is 0.394 e.